The lowest BCUT2D eigenvalue weighted by molar-refractivity contribution is -0.115. The van der Waals surface area contributed by atoms with Crippen LogP contribution in [0.1, 0.15) is 40.0 Å². The van der Waals surface area contributed by atoms with E-state index in [2.05, 4.69) is 21.2 Å². The molecule has 1 aromatic heterocycles. The maximum absolute atomic E-state index is 14.1. The minimum atomic E-state index is -3.98. The average molecular weight is 570 g/mol. The third-order valence-electron chi connectivity index (χ3n) is 7.66. The number of hydrogen-bond donors (Lipinski definition) is 1. The number of aliphatic imine (C=N–C) groups is 1. The standard InChI is InChI=1S/C25H20BrN3O4S2/c1-12-2-4-14(5-3-12)35(32,33)29-11-13-6-7-27-21-19(13)23(29)24(31)22-20(21)25-9-15(26)16(30)8-17(25)34-18(10-25)28-22/h2-5,9,11,17-18,27H,6-8,10H2,1H3/t17-,18+,25+/m1/s1. The highest BCUT2D eigenvalue weighted by molar-refractivity contribution is 9.12. The monoisotopic (exact) mass is 569 g/mol. The predicted octanol–water partition coefficient (Wildman–Crippen LogP) is 3.61. The number of carbonyl (C=O) groups is 2. The Hall–Kier alpha value is -2.43. The van der Waals surface area contributed by atoms with E-state index in [1.54, 1.807) is 42.2 Å². The van der Waals surface area contributed by atoms with Crippen molar-refractivity contribution < 1.29 is 18.0 Å². The van der Waals surface area contributed by atoms with Gasteiger partial charge < -0.3 is 5.32 Å². The quantitative estimate of drug-likeness (QED) is 0.593. The third kappa shape index (κ3) is 2.78. The number of nitrogens with one attached hydrogen (secondary N) is 1. The molecule has 0 saturated carbocycles. The topological polar surface area (TPSA) is 97.6 Å². The fourth-order valence-electron chi connectivity index (χ4n) is 6.06. The molecule has 10 heteroatoms. The van der Waals surface area contributed by atoms with Crippen molar-refractivity contribution in [3.05, 3.63) is 69.0 Å². The van der Waals surface area contributed by atoms with Crippen LogP contribution in [0.4, 0.5) is 0 Å². The molecule has 3 atom stereocenters. The first kappa shape index (κ1) is 21.8. The van der Waals surface area contributed by atoms with Crippen molar-refractivity contribution in [3.63, 3.8) is 0 Å². The lowest BCUT2D eigenvalue weighted by Gasteiger charge is -2.42. The molecule has 35 heavy (non-hydrogen) atoms. The van der Waals surface area contributed by atoms with Gasteiger partial charge in [0.15, 0.2) is 5.78 Å². The maximum Gasteiger partial charge on any atom is 0.268 e. The van der Waals surface area contributed by atoms with Crippen LogP contribution in [0.2, 0.25) is 0 Å². The summed E-state index contributed by atoms with van der Waals surface area (Å²) in [6.07, 6.45) is 5.29. The van der Waals surface area contributed by atoms with E-state index in [0.717, 1.165) is 32.8 Å². The van der Waals surface area contributed by atoms with Crippen molar-refractivity contribution in [1.29, 1.82) is 0 Å². The lowest BCUT2D eigenvalue weighted by atomic mass is 9.64. The number of fused-ring (bicyclic) bond motifs is 2. The van der Waals surface area contributed by atoms with Crippen molar-refractivity contribution >= 4 is 60.7 Å². The van der Waals surface area contributed by atoms with Gasteiger partial charge >= 0.3 is 0 Å². The molecule has 5 aliphatic rings. The highest BCUT2D eigenvalue weighted by Crippen LogP contribution is 2.62. The van der Waals surface area contributed by atoms with Crippen molar-refractivity contribution in [2.45, 2.75) is 41.7 Å². The van der Waals surface area contributed by atoms with E-state index in [9.17, 15) is 18.0 Å². The van der Waals surface area contributed by atoms with E-state index >= 15 is 0 Å². The summed E-state index contributed by atoms with van der Waals surface area (Å²) in [5, 5.41) is 3.33. The summed E-state index contributed by atoms with van der Waals surface area (Å²) in [6, 6.07) is 6.65. The Kier molecular flexibility index (Phi) is 4.41. The van der Waals surface area contributed by atoms with Crippen molar-refractivity contribution in [1.82, 2.24) is 9.29 Å². The Balaban J connectivity index is 1.51. The molecule has 1 spiro atoms. The fraction of sp³-hybridized carbons (Fsp3) is 0.320. The molecule has 7 rings (SSSR count). The summed E-state index contributed by atoms with van der Waals surface area (Å²) in [5.41, 5.74) is 4.03. The van der Waals surface area contributed by atoms with Crippen molar-refractivity contribution in [3.8, 4) is 0 Å². The van der Waals surface area contributed by atoms with Crippen molar-refractivity contribution in [2.24, 2.45) is 10.4 Å². The molecule has 178 valence electrons. The first-order valence-corrected chi connectivity index (χ1v) is 14.6. The smallest absolute Gasteiger partial charge is 0.268 e. The van der Waals surface area contributed by atoms with Crippen LogP contribution in [0.15, 0.2) is 56.5 Å². The number of carbonyl (C=O) groups excluding carboxylic acids is 2. The molecular formula is C25H20BrN3O4S2. The van der Waals surface area contributed by atoms with Gasteiger partial charge in [-0.05, 0) is 53.4 Å². The van der Waals surface area contributed by atoms with Gasteiger partial charge in [0.2, 0.25) is 5.78 Å². The van der Waals surface area contributed by atoms with Crippen LogP contribution in [0.3, 0.4) is 0 Å². The summed E-state index contributed by atoms with van der Waals surface area (Å²) in [4.78, 5) is 31.5. The summed E-state index contributed by atoms with van der Waals surface area (Å²) >= 11 is 5.10. The van der Waals surface area contributed by atoms with Gasteiger partial charge in [-0.15, -0.1) is 11.8 Å². The normalized spacial score (nSPS) is 28.6. The van der Waals surface area contributed by atoms with Gasteiger partial charge in [-0.2, -0.15) is 0 Å². The van der Waals surface area contributed by atoms with Gasteiger partial charge in [-0.1, -0.05) is 23.8 Å². The number of hydrogen-bond acceptors (Lipinski definition) is 7. The molecule has 3 aliphatic heterocycles. The Morgan fingerprint density at radius 3 is 2.77 bits per heavy atom. The Morgan fingerprint density at radius 2 is 2.00 bits per heavy atom. The van der Waals surface area contributed by atoms with Crippen LogP contribution in [0.5, 0.6) is 0 Å². The Labute approximate surface area is 214 Å². The number of rotatable bonds is 2. The van der Waals surface area contributed by atoms with Crippen LogP contribution in [-0.2, 0) is 21.2 Å². The average Bonchev–Trinajstić information content (AvgIpc) is 3.35. The zero-order chi connectivity index (χ0) is 24.3. The molecule has 1 aromatic carbocycles. The molecule has 4 heterocycles. The van der Waals surface area contributed by atoms with E-state index in [0.29, 0.717) is 35.1 Å². The highest BCUT2D eigenvalue weighted by atomic mass is 79.9. The second-order valence-corrected chi connectivity index (χ2v) is 13.7. The second kappa shape index (κ2) is 7.08. The zero-order valence-corrected chi connectivity index (χ0v) is 21.9. The van der Waals surface area contributed by atoms with E-state index < -0.39 is 15.4 Å². The number of nitrogens with zero attached hydrogens (tertiary/aromatic N) is 2. The van der Waals surface area contributed by atoms with Crippen LogP contribution in [0.25, 0.3) is 5.70 Å². The van der Waals surface area contributed by atoms with Gasteiger partial charge in [0.05, 0.1) is 20.4 Å². The zero-order valence-electron chi connectivity index (χ0n) is 18.7. The number of Topliss-reactive ketones (excluding diaryl/α,β-unsaturated/α-hetero) is 2. The number of aromatic nitrogens is 1. The molecular weight excluding hydrogens is 550 g/mol. The molecule has 0 unspecified atom stereocenters. The van der Waals surface area contributed by atoms with Crippen LogP contribution in [0, 0.1) is 12.3 Å². The fourth-order valence-corrected chi connectivity index (χ4v) is 9.71. The van der Waals surface area contributed by atoms with E-state index in [4.69, 9.17) is 4.99 Å². The number of ketones is 2. The van der Waals surface area contributed by atoms with Gasteiger partial charge in [0, 0.05) is 41.0 Å². The SMILES string of the molecule is Cc1ccc(S(=O)(=O)n2cc3c4c2C(=O)C2=N[C@@H]5C[C@]6(C=C(Br)C(=O)C[C@H]6S5)C2=C4NCC3)cc1. The minimum Gasteiger partial charge on any atom is -0.384 e. The summed E-state index contributed by atoms with van der Waals surface area (Å²) in [5.74, 6) is -0.306. The Morgan fingerprint density at radius 1 is 1.23 bits per heavy atom. The summed E-state index contributed by atoms with van der Waals surface area (Å²) in [6.45, 7) is 2.52. The van der Waals surface area contributed by atoms with Gasteiger partial charge in [-0.3, -0.25) is 14.6 Å². The third-order valence-corrected chi connectivity index (χ3v) is 11.5. The van der Waals surface area contributed by atoms with Crippen LogP contribution in [-0.4, -0.2) is 46.8 Å². The molecule has 2 aromatic rings. The molecule has 1 fully saturated rings. The van der Waals surface area contributed by atoms with Crippen LogP contribution < -0.4 is 5.32 Å². The molecule has 1 saturated heterocycles. The number of thioether (sulfide) groups is 1. The molecule has 2 bridgehead atoms. The molecule has 2 aliphatic carbocycles. The molecule has 1 N–H and O–H groups in total. The number of allylic oxidation sites excluding steroid dienone is 3. The first-order valence-electron chi connectivity index (χ1n) is 11.5. The number of benzene rings is 1. The lowest BCUT2D eigenvalue weighted by Crippen LogP contribution is -2.46. The molecule has 0 amide bonds. The summed E-state index contributed by atoms with van der Waals surface area (Å²) < 4.78 is 29.1. The maximum atomic E-state index is 14.1. The number of aryl methyl sites for hydroxylation is 1. The van der Waals surface area contributed by atoms with E-state index in [-0.39, 0.29) is 32.8 Å². The van der Waals surface area contributed by atoms with Crippen molar-refractivity contribution in [2.75, 3.05) is 6.54 Å². The molecule has 0 radical (unpaired) electrons. The highest BCUT2D eigenvalue weighted by Gasteiger charge is 2.59. The molecule has 7 nitrogen and oxygen atoms in total. The van der Waals surface area contributed by atoms with Gasteiger partial charge in [0.25, 0.3) is 10.0 Å². The largest absolute Gasteiger partial charge is 0.384 e. The first-order chi connectivity index (χ1) is 16.7. The van der Waals surface area contributed by atoms with Gasteiger partial charge in [-0.25, -0.2) is 12.4 Å². The Bertz CT molecular complexity index is 1580. The minimum absolute atomic E-state index is 0.00930. The number of halogens is 1. The van der Waals surface area contributed by atoms with Crippen LogP contribution >= 0.6 is 27.7 Å². The van der Waals surface area contributed by atoms with E-state index in [1.807, 2.05) is 13.0 Å². The second-order valence-electron chi connectivity index (χ2n) is 9.67. The van der Waals surface area contributed by atoms with E-state index in [1.165, 1.54) is 0 Å². The summed E-state index contributed by atoms with van der Waals surface area (Å²) in [7, 11) is -3.98. The predicted molar refractivity (Wildman–Crippen MR) is 137 cm³/mol. The van der Waals surface area contributed by atoms with Gasteiger partial charge in [0.1, 0.15) is 11.4 Å².